The Bertz CT molecular complexity index is 807. The van der Waals surface area contributed by atoms with Gasteiger partial charge in [0.15, 0.2) is 0 Å². The highest BCUT2D eigenvalue weighted by Crippen LogP contribution is 2.41. The largest absolute Gasteiger partial charge is 0.705 e. The van der Waals surface area contributed by atoms with E-state index in [0.29, 0.717) is 18.8 Å². The minimum Gasteiger partial charge on any atom is -0.494 e. The fraction of sp³-hybridized carbons (Fsp3) is 0.591. The summed E-state index contributed by atoms with van der Waals surface area (Å²) in [7, 11) is -3.84. The van der Waals surface area contributed by atoms with Crippen molar-refractivity contribution in [1.82, 2.24) is 0 Å². The molecule has 0 saturated heterocycles. The first kappa shape index (κ1) is 24.1. The highest BCUT2D eigenvalue weighted by Gasteiger charge is 2.51. The van der Waals surface area contributed by atoms with Crippen LogP contribution in [0, 0.1) is 0 Å². The highest BCUT2D eigenvalue weighted by molar-refractivity contribution is 6.65. The maximum absolute atomic E-state index is 11.5. The third kappa shape index (κ3) is 6.46. The van der Waals surface area contributed by atoms with Crippen LogP contribution in [0.15, 0.2) is 18.2 Å². The molecule has 0 N–H and O–H groups in total. The normalized spacial score (nSPS) is 17.0. The van der Waals surface area contributed by atoms with E-state index in [-0.39, 0.29) is 12.7 Å². The van der Waals surface area contributed by atoms with Gasteiger partial charge in [0.05, 0.1) is 19.3 Å². The molecular weight excluding hydrogens is 436 g/mol. The van der Waals surface area contributed by atoms with Gasteiger partial charge in [-0.15, -0.1) is 0 Å². The van der Waals surface area contributed by atoms with Gasteiger partial charge in [0.1, 0.15) is 11.5 Å². The van der Waals surface area contributed by atoms with E-state index in [0.717, 1.165) is 37.0 Å². The zero-order valence-corrected chi connectivity index (χ0v) is 19.8. The number of carbonyl (C=O) groups excluding carboxylic acids is 3. The van der Waals surface area contributed by atoms with Crippen molar-refractivity contribution in [2.24, 2.45) is 0 Å². The van der Waals surface area contributed by atoms with Crippen molar-refractivity contribution in [3.05, 3.63) is 23.8 Å². The van der Waals surface area contributed by atoms with Crippen LogP contribution >= 0.6 is 0 Å². The van der Waals surface area contributed by atoms with Crippen LogP contribution in [0.25, 0.3) is 0 Å². The van der Waals surface area contributed by atoms with Gasteiger partial charge in [0.2, 0.25) is 5.79 Å². The molecule has 1 heterocycles. The minimum absolute atomic E-state index is 0.0609. The van der Waals surface area contributed by atoms with Crippen LogP contribution in [0.2, 0.25) is 6.04 Å². The van der Waals surface area contributed by atoms with Gasteiger partial charge < -0.3 is 27.5 Å². The molecule has 2 aliphatic rings. The zero-order chi connectivity index (χ0) is 23.2. The average molecular weight is 467 g/mol. The average Bonchev–Trinajstić information content (AvgIpc) is 2.70. The molecule has 1 aliphatic carbocycles. The summed E-state index contributed by atoms with van der Waals surface area (Å²) in [5.74, 6) is -1.11. The second-order valence-electron chi connectivity index (χ2n) is 8.05. The Morgan fingerprint density at radius 1 is 0.969 bits per heavy atom. The Morgan fingerprint density at radius 3 is 2.19 bits per heavy atom. The van der Waals surface area contributed by atoms with Crippen molar-refractivity contribution >= 4 is 26.7 Å². The number of carbonyl (C=O) groups is 3. The zero-order valence-electron chi connectivity index (χ0n) is 18.8. The SMILES string of the molecule is CC(=O)O[Si](CCCOc1ccc2c(c1)COC1(CCCCC1)O2)(OC(C)=O)OC(C)=O. The second kappa shape index (κ2) is 10.3. The van der Waals surface area contributed by atoms with E-state index in [2.05, 4.69) is 0 Å². The summed E-state index contributed by atoms with van der Waals surface area (Å²) in [5, 5.41) is 0. The molecule has 1 saturated carbocycles. The van der Waals surface area contributed by atoms with Crippen LogP contribution in [0.4, 0.5) is 0 Å². The number of benzene rings is 1. The van der Waals surface area contributed by atoms with Gasteiger partial charge in [-0.3, -0.25) is 14.4 Å². The first-order chi connectivity index (χ1) is 15.2. The molecule has 1 spiro atoms. The van der Waals surface area contributed by atoms with E-state index >= 15 is 0 Å². The maximum atomic E-state index is 11.5. The smallest absolute Gasteiger partial charge is 0.494 e. The lowest BCUT2D eigenvalue weighted by molar-refractivity contribution is -0.222. The van der Waals surface area contributed by atoms with Crippen molar-refractivity contribution in [2.45, 2.75) is 77.7 Å². The lowest BCUT2D eigenvalue weighted by Crippen LogP contribution is -2.49. The van der Waals surface area contributed by atoms with Crippen molar-refractivity contribution in [1.29, 1.82) is 0 Å². The second-order valence-corrected chi connectivity index (χ2v) is 10.5. The van der Waals surface area contributed by atoms with Crippen molar-refractivity contribution in [2.75, 3.05) is 6.61 Å². The van der Waals surface area contributed by atoms with Gasteiger partial charge in [-0.25, -0.2) is 0 Å². The molecule has 3 rings (SSSR count). The van der Waals surface area contributed by atoms with Gasteiger partial charge in [-0.1, -0.05) is 6.42 Å². The topological polar surface area (TPSA) is 107 Å². The minimum atomic E-state index is -3.84. The Morgan fingerprint density at radius 2 is 1.59 bits per heavy atom. The summed E-state index contributed by atoms with van der Waals surface area (Å²) in [5.41, 5.74) is 0.919. The summed E-state index contributed by atoms with van der Waals surface area (Å²) in [6.45, 7) is 4.21. The monoisotopic (exact) mass is 466 g/mol. The number of fused-ring (bicyclic) bond motifs is 1. The van der Waals surface area contributed by atoms with Crippen LogP contribution in [0.3, 0.4) is 0 Å². The first-order valence-electron chi connectivity index (χ1n) is 10.9. The van der Waals surface area contributed by atoms with Crippen LogP contribution in [-0.2, 0) is 39.0 Å². The number of hydrogen-bond acceptors (Lipinski definition) is 9. The standard InChI is InChI=1S/C22H30O9Si/c1-16(23)29-32(30-17(2)24,31-18(3)25)13-7-12-26-20-8-9-21-19(14-20)15-27-22(28-21)10-5-4-6-11-22/h8-9,14H,4-7,10-13,15H2,1-3H3. The fourth-order valence-corrected chi connectivity index (χ4v) is 6.31. The van der Waals surface area contributed by atoms with Gasteiger partial charge in [0, 0.05) is 39.2 Å². The molecule has 0 radical (unpaired) electrons. The molecule has 9 nitrogen and oxygen atoms in total. The molecule has 10 heteroatoms. The lowest BCUT2D eigenvalue weighted by Gasteiger charge is -2.41. The number of hydrogen-bond donors (Lipinski definition) is 0. The molecule has 1 aliphatic heterocycles. The molecule has 0 aromatic heterocycles. The molecule has 176 valence electrons. The predicted octanol–water partition coefficient (Wildman–Crippen LogP) is 3.65. The molecule has 32 heavy (non-hydrogen) atoms. The number of ether oxygens (including phenoxy) is 3. The van der Waals surface area contributed by atoms with Gasteiger partial charge in [0.25, 0.3) is 17.9 Å². The fourth-order valence-electron chi connectivity index (χ4n) is 3.99. The van der Waals surface area contributed by atoms with Crippen LogP contribution in [0.1, 0.15) is 64.9 Å². The summed E-state index contributed by atoms with van der Waals surface area (Å²) in [6, 6.07) is 5.65. The molecule has 1 aromatic carbocycles. The summed E-state index contributed by atoms with van der Waals surface area (Å²) in [6.07, 6.45) is 5.58. The third-order valence-electron chi connectivity index (χ3n) is 5.23. The third-order valence-corrected chi connectivity index (χ3v) is 7.99. The van der Waals surface area contributed by atoms with E-state index in [1.54, 1.807) is 0 Å². The van der Waals surface area contributed by atoms with Crippen LogP contribution in [-0.4, -0.2) is 39.1 Å². The van der Waals surface area contributed by atoms with E-state index in [1.165, 1.54) is 27.2 Å². The van der Waals surface area contributed by atoms with E-state index in [9.17, 15) is 14.4 Å². The molecule has 0 unspecified atom stereocenters. The Kier molecular flexibility index (Phi) is 7.78. The molecule has 1 aromatic rings. The van der Waals surface area contributed by atoms with E-state index in [1.807, 2.05) is 18.2 Å². The summed E-state index contributed by atoms with van der Waals surface area (Å²) >= 11 is 0. The Labute approximate surface area is 188 Å². The lowest BCUT2D eigenvalue weighted by atomic mass is 9.93. The first-order valence-corrected chi connectivity index (χ1v) is 12.8. The molecule has 0 atom stereocenters. The molecule has 0 bridgehead atoms. The van der Waals surface area contributed by atoms with E-state index in [4.69, 9.17) is 27.5 Å². The Balaban J connectivity index is 1.57. The van der Waals surface area contributed by atoms with E-state index < -0.39 is 32.5 Å². The van der Waals surface area contributed by atoms with Crippen LogP contribution < -0.4 is 9.47 Å². The van der Waals surface area contributed by atoms with Gasteiger partial charge >= 0.3 is 8.80 Å². The summed E-state index contributed by atoms with van der Waals surface area (Å²) < 4.78 is 33.5. The molecule has 1 fully saturated rings. The van der Waals surface area contributed by atoms with Crippen LogP contribution in [0.5, 0.6) is 11.5 Å². The van der Waals surface area contributed by atoms with Gasteiger partial charge in [-0.05, 0) is 37.5 Å². The predicted molar refractivity (Wildman–Crippen MR) is 114 cm³/mol. The summed E-state index contributed by atoms with van der Waals surface area (Å²) in [4.78, 5) is 34.5. The van der Waals surface area contributed by atoms with Crippen molar-refractivity contribution in [3.63, 3.8) is 0 Å². The molecular formula is C22H30O9Si. The quantitative estimate of drug-likeness (QED) is 0.419. The Hall–Kier alpha value is -2.59. The highest BCUT2D eigenvalue weighted by atomic mass is 28.4. The molecule has 0 amide bonds. The van der Waals surface area contributed by atoms with Crippen molar-refractivity contribution < 1.29 is 41.9 Å². The van der Waals surface area contributed by atoms with Crippen molar-refractivity contribution in [3.8, 4) is 11.5 Å². The number of rotatable bonds is 8. The van der Waals surface area contributed by atoms with Gasteiger partial charge in [-0.2, -0.15) is 0 Å². The maximum Gasteiger partial charge on any atom is 0.705 e.